The topological polar surface area (TPSA) is 69.0 Å². The molecule has 0 spiro atoms. The number of carbonyl (C=O) groups excluding carboxylic acids is 1. The van der Waals surface area contributed by atoms with Crippen LogP contribution in [0.15, 0.2) is 53.7 Å². The Balaban J connectivity index is 1.65. The van der Waals surface area contributed by atoms with Gasteiger partial charge in [-0.25, -0.2) is 0 Å². The zero-order chi connectivity index (χ0) is 23.4. The lowest BCUT2D eigenvalue weighted by molar-refractivity contribution is -0.137. The number of benzene rings is 2. The molecule has 1 atom stereocenters. The summed E-state index contributed by atoms with van der Waals surface area (Å²) in [6.45, 7) is 1.08. The Hall–Kier alpha value is -2.56. The van der Waals surface area contributed by atoms with Crippen molar-refractivity contribution >= 4 is 29.3 Å². The van der Waals surface area contributed by atoms with Crippen LogP contribution in [-0.4, -0.2) is 45.7 Å². The third kappa shape index (κ3) is 5.69. The second-order valence-corrected chi connectivity index (χ2v) is 8.77. The molecule has 1 aromatic heterocycles. The van der Waals surface area contributed by atoms with Crippen LogP contribution in [0.5, 0.6) is 0 Å². The number of hydrogen-bond acceptors (Lipinski definition) is 5. The molecule has 0 bridgehead atoms. The summed E-state index contributed by atoms with van der Waals surface area (Å²) >= 11 is 7.10. The van der Waals surface area contributed by atoms with E-state index in [1.54, 1.807) is 24.3 Å². The largest absolute Gasteiger partial charge is 0.418 e. The Morgan fingerprint density at radius 1 is 1.21 bits per heavy atom. The first-order valence-corrected chi connectivity index (χ1v) is 11.6. The highest BCUT2D eigenvalue weighted by atomic mass is 35.5. The SMILES string of the molecule is O=C(CSc1nnc(-c2cccc(Cl)c2)n1-c1ccccc1C(F)(F)F)NCC1CCCO1. The van der Waals surface area contributed by atoms with E-state index in [1.165, 1.54) is 22.8 Å². The van der Waals surface area contributed by atoms with Crippen molar-refractivity contribution in [2.24, 2.45) is 0 Å². The first-order chi connectivity index (χ1) is 15.8. The van der Waals surface area contributed by atoms with Crippen LogP contribution >= 0.6 is 23.4 Å². The number of para-hydroxylation sites is 1. The van der Waals surface area contributed by atoms with Gasteiger partial charge in [-0.2, -0.15) is 13.2 Å². The molecule has 1 aliphatic heterocycles. The number of nitrogens with one attached hydrogen (secondary N) is 1. The van der Waals surface area contributed by atoms with Crippen LogP contribution < -0.4 is 5.32 Å². The summed E-state index contributed by atoms with van der Waals surface area (Å²) in [5.74, 6) is -0.107. The Morgan fingerprint density at radius 3 is 2.76 bits per heavy atom. The summed E-state index contributed by atoms with van der Waals surface area (Å²) in [6.07, 6.45) is -2.74. The zero-order valence-corrected chi connectivity index (χ0v) is 18.9. The van der Waals surface area contributed by atoms with Gasteiger partial charge in [-0.05, 0) is 37.1 Å². The minimum Gasteiger partial charge on any atom is -0.376 e. The molecule has 1 unspecified atom stereocenters. The fraction of sp³-hybridized carbons (Fsp3) is 0.318. The standard InChI is InChI=1S/C22H20ClF3N4O2S/c23-15-6-3-5-14(11-15)20-28-29-21(33-13-19(31)27-12-16-7-4-10-32-16)30(20)18-9-2-1-8-17(18)22(24,25)26/h1-3,5-6,8-9,11,16H,4,7,10,12-13H2,(H,27,31). The van der Waals surface area contributed by atoms with E-state index in [0.29, 0.717) is 23.7 Å². The van der Waals surface area contributed by atoms with E-state index in [4.69, 9.17) is 16.3 Å². The van der Waals surface area contributed by atoms with Crippen LogP contribution in [-0.2, 0) is 15.7 Å². The number of carbonyl (C=O) groups is 1. The molecule has 1 fully saturated rings. The molecule has 11 heteroatoms. The summed E-state index contributed by atoms with van der Waals surface area (Å²) in [7, 11) is 0. The Bertz CT molecular complexity index is 1130. The number of ether oxygens (including phenoxy) is 1. The molecule has 3 aromatic rings. The number of rotatable bonds is 7. The number of alkyl halides is 3. The molecule has 0 radical (unpaired) electrons. The second kappa shape index (κ2) is 10.1. The molecular formula is C22H20ClF3N4O2S. The lowest BCUT2D eigenvalue weighted by Crippen LogP contribution is -2.32. The van der Waals surface area contributed by atoms with E-state index >= 15 is 0 Å². The molecule has 33 heavy (non-hydrogen) atoms. The Kier molecular flexibility index (Phi) is 7.26. The van der Waals surface area contributed by atoms with Gasteiger partial charge in [0, 0.05) is 23.7 Å². The molecule has 0 aliphatic carbocycles. The summed E-state index contributed by atoms with van der Waals surface area (Å²) in [4.78, 5) is 12.3. The summed E-state index contributed by atoms with van der Waals surface area (Å²) in [5, 5.41) is 11.6. The van der Waals surface area contributed by atoms with E-state index < -0.39 is 11.7 Å². The molecule has 6 nitrogen and oxygen atoms in total. The van der Waals surface area contributed by atoms with E-state index in [2.05, 4.69) is 15.5 Å². The van der Waals surface area contributed by atoms with Crippen molar-refractivity contribution in [1.29, 1.82) is 0 Å². The van der Waals surface area contributed by atoms with Crippen LogP contribution in [0.1, 0.15) is 18.4 Å². The lowest BCUT2D eigenvalue weighted by atomic mass is 10.1. The second-order valence-electron chi connectivity index (χ2n) is 7.39. The molecule has 2 heterocycles. The van der Waals surface area contributed by atoms with Gasteiger partial charge in [0.05, 0.1) is 23.1 Å². The molecule has 1 aliphatic rings. The highest BCUT2D eigenvalue weighted by Gasteiger charge is 2.35. The molecule has 174 valence electrons. The number of nitrogens with zero attached hydrogens (tertiary/aromatic N) is 3. The van der Waals surface area contributed by atoms with Crippen molar-refractivity contribution in [2.45, 2.75) is 30.3 Å². The Morgan fingerprint density at radius 2 is 2.03 bits per heavy atom. The van der Waals surface area contributed by atoms with Crippen molar-refractivity contribution in [1.82, 2.24) is 20.1 Å². The maximum atomic E-state index is 13.8. The van der Waals surface area contributed by atoms with Crippen molar-refractivity contribution in [3.8, 4) is 17.1 Å². The van der Waals surface area contributed by atoms with Crippen LogP contribution in [0.4, 0.5) is 13.2 Å². The summed E-state index contributed by atoms with van der Waals surface area (Å²) < 4.78 is 48.1. The van der Waals surface area contributed by atoms with Gasteiger partial charge >= 0.3 is 6.18 Å². The third-order valence-corrected chi connectivity index (χ3v) is 6.21. The van der Waals surface area contributed by atoms with E-state index in [0.717, 1.165) is 30.7 Å². The van der Waals surface area contributed by atoms with Gasteiger partial charge in [0.15, 0.2) is 11.0 Å². The van der Waals surface area contributed by atoms with Crippen molar-refractivity contribution in [3.63, 3.8) is 0 Å². The van der Waals surface area contributed by atoms with Gasteiger partial charge in [-0.1, -0.05) is 47.6 Å². The number of halogens is 4. The summed E-state index contributed by atoms with van der Waals surface area (Å²) in [5.41, 5.74) is -0.466. The number of hydrogen-bond donors (Lipinski definition) is 1. The monoisotopic (exact) mass is 496 g/mol. The smallest absolute Gasteiger partial charge is 0.376 e. The van der Waals surface area contributed by atoms with Crippen molar-refractivity contribution < 1.29 is 22.7 Å². The van der Waals surface area contributed by atoms with Gasteiger partial charge in [-0.15, -0.1) is 10.2 Å². The van der Waals surface area contributed by atoms with Crippen LogP contribution in [0.3, 0.4) is 0 Å². The van der Waals surface area contributed by atoms with Gasteiger partial charge in [-0.3, -0.25) is 9.36 Å². The van der Waals surface area contributed by atoms with Crippen LogP contribution in [0, 0.1) is 0 Å². The maximum Gasteiger partial charge on any atom is 0.418 e. The van der Waals surface area contributed by atoms with Gasteiger partial charge in [0.1, 0.15) is 0 Å². The predicted molar refractivity (Wildman–Crippen MR) is 120 cm³/mol. The fourth-order valence-corrected chi connectivity index (χ4v) is 4.48. The van der Waals surface area contributed by atoms with Gasteiger partial charge < -0.3 is 10.1 Å². The van der Waals surface area contributed by atoms with E-state index in [1.807, 2.05) is 0 Å². The van der Waals surface area contributed by atoms with Crippen molar-refractivity contribution in [3.05, 3.63) is 59.1 Å². The minimum absolute atomic E-state index is 0.00398. The van der Waals surface area contributed by atoms with Crippen LogP contribution in [0.25, 0.3) is 17.1 Å². The van der Waals surface area contributed by atoms with Crippen LogP contribution in [0.2, 0.25) is 5.02 Å². The average molecular weight is 497 g/mol. The van der Waals surface area contributed by atoms with E-state index in [9.17, 15) is 18.0 Å². The van der Waals surface area contributed by atoms with Gasteiger partial charge in [0.2, 0.25) is 5.91 Å². The predicted octanol–water partition coefficient (Wildman–Crippen LogP) is 4.99. The highest BCUT2D eigenvalue weighted by Crippen LogP contribution is 2.37. The van der Waals surface area contributed by atoms with Gasteiger partial charge in [0.25, 0.3) is 0 Å². The number of thioether (sulfide) groups is 1. The molecule has 1 amide bonds. The first-order valence-electron chi connectivity index (χ1n) is 10.2. The number of aromatic nitrogens is 3. The average Bonchev–Trinajstić information content (AvgIpc) is 3.45. The maximum absolute atomic E-state index is 13.8. The molecule has 0 saturated carbocycles. The van der Waals surface area contributed by atoms with E-state index in [-0.39, 0.29) is 34.4 Å². The molecule has 2 aromatic carbocycles. The third-order valence-electron chi connectivity index (χ3n) is 5.05. The molecular weight excluding hydrogens is 477 g/mol. The molecule has 4 rings (SSSR count). The lowest BCUT2D eigenvalue weighted by Gasteiger charge is -2.16. The molecule has 1 saturated heterocycles. The Labute approximate surface area is 197 Å². The fourth-order valence-electron chi connectivity index (χ4n) is 3.52. The quantitative estimate of drug-likeness (QED) is 0.466. The normalized spacial score (nSPS) is 16.2. The highest BCUT2D eigenvalue weighted by molar-refractivity contribution is 7.99. The molecule has 1 N–H and O–H groups in total. The van der Waals surface area contributed by atoms with Crippen molar-refractivity contribution in [2.75, 3.05) is 18.9 Å². The number of amides is 1. The minimum atomic E-state index is -4.59. The zero-order valence-electron chi connectivity index (χ0n) is 17.3. The first kappa shape index (κ1) is 23.6. The summed E-state index contributed by atoms with van der Waals surface area (Å²) in [6, 6.07) is 11.8.